The van der Waals surface area contributed by atoms with Crippen LogP contribution >= 0.6 is 11.6 Å². The monoisotopic (exact) mass is 371 g/mol. The summed E-state index contributed by atoms with van der Waals surface area (Å²) in [4.78, 5) is 17.0. The van der Waals surface area contributed by atoms with Gasteiger partial charge in [-0.2, -0.15) is 0 Å². The van der Waals surface area contributed by atoms with Gasteiger partial charge in [0.15, 0.2) is 0 Å². The van der Waals surface area contributed by atoms with Crippen LogP contribution in [0.1, 0.15) is 29.6 Å². The van der Waals surface area contributed by atoms with Crippen LogP contribution in [0.15, 0.2) is 18.2 Å². The molecule has 2 aliphatic rings. The molecule has 0 radical (unpaired) electrons. The molecule has 1 amide bonds. The maximum Gasteiger partial charge on any atom is 0.253 e. The van der Waals surface area contributed by atoms with Gasteiger partial charge in [0.25, 0.3) is 5.91 Å². The minimum Gasteiger partial charge on any atom is -0.337 e. The zero-order valence-corrected chi connectivity index (χ0v) is 15.2. The molecule has 1 aromatic rings. The number of hydrogen-bond donors (Lipinski definition) is 1. The molecule has 3 rings (SSSR count). The third-order valence-corrected chi connectivity index (χ3v) is 5.54. The van der Waals surface area contributed by atoms with Crippen LogP contribution in [0.2, 0.25) is 5.02 Å². The van der Waals surface area contributed by atoms with E-state index < -0.39 is 10.0 Å². The first-order valence-electron chi connectivity index (χ1n) is 8.14. The van der Waals surface area contributed by atoms with Gasteiger partial charge in [0.05, 0.1) is 17.0 Å². The van der Waals surface area contributed by atoms with Crippen molar-refractivity contribution in [3.8, 4) is 0 Å². The molecule has 0 spiro atoms. The Bertz CT molecular complexity index is 732. The van der Waals surface area contributed by atoms with E-state index in [1.807, 2.05) is 4.90 Å². The highest BCUT2D eigenvalue weighted by Gasteiger charge is 2.32. The molecule has 1 unspecified atom stereocenters. The lowest BCUT2D eigenvalue weighted by Crippen LogP contribution is -2.37. The van der Waals surface area contributed by atoms with Crippen LogP contribution in [0.3, 0.4) is 0 Å². The fourth-order valence-corrected chi connectivity index (χ4v) is 4.24. The van der Waals surface area contributed by atoms with Crippen LogP contribution in [0.25, 0.3) is 0 Å². The quantitative estimate of drug-likeness (QED) is 0.879. The van der Waals surface area contributed by atoms with Crippen molar-refractivity contribution >= 4 is 33.2 Å². The summed E-state index contributed by atoms with van der Waals surface area (Å²) in [6, 6.07) is 5.14. The summed E-state index contributed by atoms with van der Waals surface area (Å²) >= 11 is 6.02. The second-order valence-electron chi connectivity index (χ2n) is 6.51. The SMILES string of the molecule is CS(=O)(=O)Nc1cc(C(=O)N2CCC(N3CCCC3)C2)ccc1Cl. The summed E-state index contributed by atoms with van der Waals surface area (Å²) in [6.45, 7) is 3.71. The molecule has 0 bridgehead atoms. The van der Waals surface area contributed by atoms with E-state index in [4.69, 9.17) is 11.6 Å². The summed E-state index contributed by atoms with van der Waals surface area (Å²) in [7, 11) is -3.45. The number of nitrogens with zero attached hydrogens (tertiary/aromatic N) is 2. The van der Waals surface area contributed by atoms with Gasteiger partial charge in [0.2, 0.25) is 10.0 Å². The minimum absolute atomic E-state index is 0.0788. The lowest BCUT2D eigenvalue weighted by molar-refractivity contribution is 0.0780. The molecule has 8 heteroatoms. The van der Waals surface area contributed by atoms with E-state index in [1.54, 1.807) is 12.1 Å². The standard InChI is InChI=1S/C16H22ClN3O3S/c1-24(22,23)18-15-10-12(4-5-14(15)17)16(21)20-9-6-13(11-20)19-7-2-3-8-19/h4-5,10,13,18H,2-3,6-9,11H2,1H3. The molecule has 132 valence electrons. The number of rotatable bonds is 4. The second kappa shape index (κ2) is 6.90. The lowest BCUT2D eigenvalue weighted by atomic mass is 10.2. The van der Waals surface area contributed by atoms with Crippen LogP contribution in [-0.2, 0) is 10.0 Å². The first-order valence-corrected chi connectivity index (χ1v) is 10.4. The Hall–Kier alpha value is -1.31. The van der Waals surface area contributed by atoms with Gasteiger partial charge in [-0.25, -0.2) is 8.42 Å². The predicted molar refractivity (Wildman–Crippen MR) is 95.0 cm³/mol. The predicted octanol–water partition coefficient (Wildman–Crippen LogP) is 2.02. The molecule has 1 N–H and O–H groups in total. The highest BCUT2D eigenvalue weighted by Crippen LogP contribution is 2.26. The average Bonchev–Trinajstić information content (AvgIpc) is 3.18. The van der Waals surface area contributed by atoms with Gasteiger partial charge in [0.1, 0.15) is 0 Å². The summed E-state index contributed by atoms with van der Waals surface area (Å²) in [5.74, 6) is -0.0788. The number of hydrogen-bond acceptors (Lipinski definition) is 4. The van der Waals surface area contributed by atoms with Gasteiger partial charge in [-0.05, 0) is 50.6 Å². The number of carbonyl (C=O) groups is 1. The van der Waals surface area contributed by atoms with Crippen molar-refractivity contribution in [3.63, 3.8) is 0 Å². The minimum atomic E-state index is -3.45. The van der Waals surface area contributed by atoms with Gasteiger partial charge in [0, 0.05) is 24.7 Å². The van der Waals surface area contributed by atoms with Crippen molar-refractivity contribution in [2.45, 2.75) is 25.3 Å². The van der Waals surface area contributed by atoms with Crippen molar-refractivity contribution in [1.29, 1.82) is 0 Å². The van der Waals surface area contributed by atoms with Crippen LogP contribution in [-0.4, -0.2) is 62.6 Å². The summed E-state index contributed by atoms with van der Waals surface area (Å²) in [6.07, 6.45) is 4.52. The zero-order chi connectivity index (χ0) is 17.3. The van der Waals surface area contributed by atoms with Crippen molar-refractivity contribution in [2.24, 2.45) is 0 Å². The van der Waals surface area contributed by atoms with E-state index >= 15 is 0 Å². The highest BCUT2D eigenvalue weighted by molar-refractivity contribution is 7.92. The molecule has 24 heavy (non-hydrogen) atoms. The topological polar surface area (TPSA) is 69.7 Å². The number of benzene rings is 1. The van der Waals surface area contributed by atoms with Crippen molar-refractivity contribution < 1.29 is 13.2 Å². The molecule has 2 saturated heterocycles. The Morgan fingerprint density at radius 3 is 2.62 bits per heavy atom. The summed E-state index contributed by atoms with van der Waals surface area (Å²) < 4.78 is 25.2. The zero-order valence-electron chi connectivity index (χ0n) is 13.7. The normalized spacial score (nSPS) is 22.1. The highest BCUT2D eigenvalue weighted by atomic mass is 35.5. The first-order chi connectivity index (χ1) is 11.3. The number of anilines is 1. The van der Waals surface area contributed by atoms with E-state index in [2.05, 4.69) is 9.62 Å². The Labute approximate surface area is 147 Å². The molecule has 0 aromatic heterocycles. The number of sulfonamides is 1. The van der Waals surface area contributed by atoms with E-state index in [1.165, 1.54) is 18.9 Å². The van der Waals surface area contributed by atoms with Gasteiger partial charge >= 0.3 is 0 Å². The van der Waals surface area contributed by atoms with Gasteiger partial charge < -0.3 is 4.90 Å². The molecule has 6 nitrogen and oxygen atoms in total. The summed E-state index contributed by atoms with van der Waals surface area (Å²) in [5, 5.41) is 0.272. The average molecular weight is 372 g/mol. The number of likely N-dealkylation sites (tertiary alicyclic amines) is 2. The molecule has 2 aliphatic heterocycles. The molecular formula is C16H22ClN3O3S. The maximum absolute atomic E-state index is 12.7. The molecule has 0 aliphatic carbocycles. The molecule has 1 aromatic carbocycles. The molecule has 1 atom stereocenters. The van der Waals surface area contributed by atoms with Gasteiger partial charge in [-0.1, -0.05) is 11.6 Å². The third kappa shape index (κ3) is 4.02. The number of amides is 1. The first kappa shape index (κ1) is 17.5. The second-order valence-corrected chi connectivity index (χ2v) is 8.66. The largest absolute Gasteiger partial charge is 0.337 e. The lowest BCUT2D eigenvalue weighted by Gasteiger charge is -2.23. The van der Waals surface area contributed by atoms with Crippen LogP contribution in [0.4, 0.5) is 5.69 Å². The molecule has 2 heterocycles. The molecule has 2 fully saturated rings. The van der Waals surface area contributed by atoms with Gasteiger partial charge in [-0.15, -0.1) is 0 Å². The van der Waals surface area contributed by atoms with Crippen molar-refractivity contribution in [3.05, 3.63) is 28.8 Å². The number of carbonyl (C=O) groups excluding carboxylic acids is 1. The van der Waals surface area contributed by atoms with E-state index in [-0.39, 0.29) is 16.6 Å². The third-order valence-electron chi connectivity index (χ3n) is 4.62. The number of halogens is 1. The van der Waals surface area contributed by atoms with Crippen LogP contribution in [0.5, 0.6) is 0 Å². The maximum atomic E-state index is 12.7. The van der Waals surface area contributed by atoms with Crippen LogP contribution in [0, 0.1) is 0 Å². The van der Waals surface area contributed by atoms with Crippen molar-refractivity contribution in [1.82, 2.24) is 9.80 Å². The smallest absolute Gasteiger partial charge is 0.253 e. The molecule has 0 saturated carbocycles. The van der Waals surface area contributed by atoms with Crippen LogP contribution < -0.4 is 4.72 Å². The fourth-order valence-electron chi connectivity index (χ4n) is 3.45. The Morgan fingerprint density at radius 1 is 1.25 bits per heavy atom. The summed E-state index contributed by atoms with van der Waals surface area (Å²) in [5.41, 5.74) is 0.688. The Morgan fingerprint density at radius 2 is 1.96 bits per heavy atom. The number of nitrogens with one attached hydrogen (secondary N) is 1. The van der Waals surface area contributed by atoms with E-state index in [9.17, 15) is 13.2 Å². The van der Waals surface area contributed by atoms with Gasteiger partial charge in [-0.3, -0.25) is 14.4 Å². The Balaban J connectivity index is 1.72. The Kier molecular flexibility index (Phi) is 5.03. The molecular weight excluding hydrogens is 350 g/mol. The van der Waals surface area contributed by atoms with E-state index in [0.717, 1.165) is 38.9 Å². The fraction of sp³-hybridized carbons (Fsp3) is 0.562. The van der Waals surface area contributed by atoms with Crippen molar-refractivity contribution in [2.75, 3.05) is 37.2 Å². The van der Waals surface area contributed by atoms with E-state index in [0.29, 0.717) is 11.6 Å².